The molecule has 1 amide bonds. The van der Waals surface area contributed by atoms with Gasteiger partial charge in [0.05, 0.1) is 16.7 Å². The number of aryl methyl sites for hydroxylation is 2. The van der Waals surface area contributed by atoms with Gasteiger partial charge >= 0.3 is 0 Å². The molecule has 0 bridgehead atoms. The van der Waals surface area contributed by atoms with Gasteiger partial charge in [-0.15, -0.1) is 0 Å². The van der Waals surface area contributed by atoms with Gasteiger partial charge in [0.15, 0.2) is 0 Å². The summed E-state index contributed by atoms with van der Waals surface area (Å²) in [6.07, 6.45) is 3.80. The fraction of sp³-hybridized carbons (Fsp3) is 0.611. The number of nitrogens with one attached hydrogen (secondary N) is 1. The van der Waals surface area contributed by atoms with E-state index in [1.165, 1.54) is 0 Å². The second kappa shape index (κ2) is 6.80. The van der Waals surface area contributed by atoms with Crippen LogP contribution in [0.4, 0.5) is 0 Å². The van der Waals surface area contributed by atoms with Gasteiger partial charge in [-0.1, -0.05) is 11.6 Å². The van der Waals surface area contributed by atoms with E-state index < -0.39 is 0 Å². The van der Waals surface area contributed by atoms with Crippen molar-refractivity contribution in [2.24, 2.45) is 0 Å². The number of hydrogen-bond acceptors (Lipinski definition) is 3. The van der Waals surface area contributed by atoms with Gasteiger partial charge in [-0.2, -0.15) is 0 Å². The summed E-state index contributed by atoms with van der Waals surface area (Å²) >= 11 is 6.26. The Bertz CT molecular complexity index is 605. The summed E-state index contributed by atoms with van der Waals surface area (Å²) in [7, 11) is 0. The largest absolute Gasteiger partial charge is 0.392 e. The molecule has 3 atom stereocenters. The molecule has 0 aromatic heterocycles. The molecular weight excluding hydrogens is 312 g/mol. The molecule has 2 N–H and O–H groups in total. The zero-order valence-corrected chi connectivity index (χ0v) is 14.6. The third-order valence-corrected chi connectivity index (χ3v) is 5.60. The Kier molecular flexibility index (Phi) is 4.95. The summed E-state index contributed by atoms with van der Waals surface area (Å²) in [4.78, 5) is 15.0. The second-order valence-corrected chi connectivity index (χ2v) is 7.34. The van der Waals surface area contributed by atoms with Crippen molar-refractivity contribution in [3.63, 3.8) is 0 Å². The Morgan fingerprint density at radius 2 is 2.00 bits per heavy atom. The number of rotatable bonds is 3. The van der Waals surface area contributed by atoms with Crippen LogP contribution in [0, 0.1) is 13.8 Å². The molecule has 2 aliphatic rings. The lowest BCUT2D eigenvalue weighted by molar-refractivity contribution is 0.0906. The van der Waals surface area contributed by atoms with Crippen molar-refractivity contribution in [1.82, 2.24) is 10.2 Å². The van der Waals surface area contributed by atoms with E-state index in [0.29, 0.717) is 16.6 Å². The first-order chi connectivity index (χ1) is 11.0. The Labute approximate surface area is 142 Å². The van der Waals surface area contributed by atoms with Gasteiger partial charge in [-0.05, 0) is 62.8 Å². The van der Waals surface area contributed by atoms with Crippen LogP contribution in [0.1, 0.15) is 47.2 Å². The summed E-state index contributed by atoms with van der Waals surface area (Å²) in [5.41, 5.74) is 2.73. The number of aliphatic hydroxyl groups is 1. The van der Waals surface area contributed by atoms with Crippen LogP contribution < -0.4 is 5.32 Å². The zero-order chi connectivity index (χ0) is 16.6. The molecule has 2 fully saturated rings. The fourth-order valence-electron chi connectivity index (χ4n) is 3.82. The number of β-amino-alcohol motifs (C(OH)–C–C–N with tert-alkyl or cyclic N) is 1. The molecule has 23 heavy (non-hydrogen) atoms. The Hall–Kier alpha value is -1.10. The topological polar surface area (TPSA) is 52.6 Å². The second-order valence-electron chi connectivity index (χ2n) is 6.93. The van der Waals surface area contributed by atoms with Crippen LogP contribution in [-0.4, -0.2) is 47.2 Å². The molecule has 1 aliphatic carbocycles. The lowest BCUT2D eigenvalue weighted by Crippen LogP contribution is -2.48. The van der Waals surface area contributed by atoms with Gasteiger partial charge in [-0.3, -0.25) is 9.69 Å². The molecule has 1 unspecified atom stereocenters. The van der Waals surface area contributed by atoms with Crippen molar-refractivity contribution in [2.45, 2.75) is 57.7 Å². The smallest absolute Gasteiger partial charge is 0.253 e. The van der Waals surface area contributed by atoms with Gasteiger partial charge in [-0.25, -0.2) is 0 Å². The molecule has 5 heteroatoms. The molecule has 0 spiro atoms. The maximum Gasteiger partial charge on any atom is 0.253 e. The van der Waals surface area contributed by atoms with E-state index in [1.54, 1.807) is 0 Å². The highest BCUT2D eigenvalue weighted by atomic mass is 35.5. The fourth-order valence-corrected chi connectivity index (χ4v) is 4.12. The molecule has 126 valence electrons. The SMILES string of the molecule is Cc1cc(Cl)c(C(=O)N[C@@H]2CCC[C@@H]2N2CCC(O)C2)cc1C. The number of carbonyl (C=O) groups excluding carboxylic acids is 1. The van der Waals surface area contributed by atoms with E-state index in [9.17, 15) is 9.90 Å². The van der Waals surface area contributed by atoms with Crippen molar-refractivity contribution in [1.29, 1.82) is 0 Å². The minimum absolute atomic E-state index is 0.0882. The van der Waals surface area contributed by atoms with Gasteiger partial charge in [0, 0.05) is 25.2 Å². The number of amides is 1. The maximum atomic E-state index is 12.6. The van der Waals surface area contributed by atoms with Crippen LogP contribution in [0.25, 0.3) is 0 Å². The van der Waals surface area contributed by atoms with E-state index in [0.717, 1.165) is 49.9 Å². The van der Waals surface area contributed by atoms with Crippen molar-refractivity contribution < 1.29 is 9.90 Å². The number of likely N-dealkylation sites (tertiary alicyclic amines) is 1. The van der Waals surface area contributed by atoms with Crippen LogP contribution in [0.2, 0.25) is 5.02 Å². The first kappa shape index (κ1) is 16.7. The van der Waals surface area contributed by atoms with Gasteiger partial charge < -0.3 is 10.4 Å². The van der Waals surface area contributed by atoms with E-state index >= 15 is 0 Å². The van der Waals surface area contributed by atoms with Gasteiger partial charge in [0.25, 0.3) is 5.91 Å². The highest BCUT2D eigenvalue weighted by molar-refractivity contribution is 6.34. The number of nitrogens with zero attached hydrogens (tertiary/aromatic N) is 1. The first-order valence-electron chi connectivity index (χ1n) is 8.45. The molecular formula is C18H25ClN2O2. The number of aliphatic hydroxyl groups excluding tert-OH is 1. The van der Waals surface area contributed by atoms with Crippen LogP contribution in [-0.2, 0) is 0 Å². The maximum absolute atomic E-state index is 12.6. The minimum Gasteiger partial charge on any atom is -0.392 e. The molecule has 3 rings (SSSR count). The number of hydrogen-bond donors (Lipinski definition) is 2. The molecule has 0 radical (unpaired) electrons. The summed E-state index contributed by atoms with van der Waals surface area (Å²) in [5.74, 6) is -0.0882. The average molecular weight is 337 g/mol. The highest BCUT2D eigenvalue weighted by Gasteiger charge is 2.36. The number of benzene rings is 1. The monoisotopic (exact) mass is 336 g/mol. The van der Waals surface area contributed by atoms with Crippen LogP contribution in [0.15, 0.2) is 12.1 Å². The van der Waals surface area contributed by atoms with Crippen LogP contribution in [0.3, 0.4) is 0 Å². The summed E-state index contributed by atoms with van der Waals surface area (Å²) in [5, 5.41) is 13.4. The van der Waals surface area contributed by atoms with E-state index in [-0.39, 0.29) is 18.1 Å². The van der Waals surface area contributed by atoms with Crippen LogP contribution in [0.5, 0.6) is 0 Å². The minimum atomic E-state index is -0.221. The molecule has 1 heterocycles. The lowest BCUT2D eigenvalue weighted by atomic mass is 10.0. The van der Waals surface area contributed by atoms with E-state index in [2.05, 4.69) is 10.2 Å². The van der Waals surface area contributed by atoms with Crippen molar-refractivity contribution in [3.8, 4) is 0 Å². The van der Waals surface area contributed by atoms with Gasteiger partial charge in [0.2, 0.25) is 0 Å². The first-order valence-corrected chi connectivity index (χ1v) is 8.83. The Balaban J connectivity index is 1.71. The molecule has 4 nitrogen and oxygen atoms in total. The summed E-state index contributed by atoms with van der Waals surface area (Å²) < 4.78 is 0. The third-order valence-electron chi connectivity index (χ3n) is 5.29. The third kappa shape index (κ3) is 3.54. The predicted molar refractivity (Wildman–Crippen MR) is 92.0 cm³/mol. The average Bonchev–Trinajstić information content (AvgIpc) is 3.11. The van der Waals surface area contributed by atoms with E-state index in [1.807, 2.05) is 26.0 Å². The highest BCUT2D eigenvalue weighted by Crippen LogP contribution is 2.28. The lowest BCUT2D eigenvalue weighted by Gasteiger charge is -2.30. The zero-order valence-electron chi connectivity index (χ0n) is 13.8. The Morgan fingerprint density at radius 1 is 1.26 bits per heavy atom. The standard InChI is InChI=1S/C18H25ClN2O2/c1-11-8-14(15(19)9-12(11)2)18(23)20-16-4-3-5-17(16)21-7-6-13(22)10-21/h8-9,13,16-17,22H,3-7,10H2,1-2H3,(H,20,23)/t13?,16-,17+/m1/s1. The van der Waals surface area contributed by atoms with Crippen molar-refractivity contribution in [3.05, 3.63) is 33.8 Å². The van der Waals surface area contributed by atoms with Crippen LogP contribution >= 0.6 is 11.6 Å². The summed E-state index contributed by atoms with van der Waals surface area (Å²) in [6.45, 7) is 5.63. The quantitative estimate of drug-likeness (QED) is 0.892. The summed E-state index contributed by atoms with van der Waals surface area (Å²) in [6, 6.07) is 4.21. The van der Waals surface area contributed by atoms with Crippen molar-refractivity contribution in [2.75, 3.05) is 13.1 Å². The normalized spacial score (nSPS) is 28.3. The number of halogens is 1. The Morgan fingerprint density at radius 3 is 2.70 bits per heavy atom. The van der Waals surface area contributed by atoms with Gasteiger partial charge in [0.1, 0.15) is 0 Å². The molecule has 1 aromatic rings. The molecule has 1 saturated heterocycles. The predicted octanol–water partition coefficient (Wildman–Crippen LogP) is 2.67. The van der Waals surface area contributed by atoms with E-state index in [4.69, 9.17) is 11.6 Å². The number of carbonyl (C=O) groups is 1. The molecule has 1 aromatic carbocycles. The molecule has 1 saturated carbocycles. The van der Waals surface area contributed by atoms with Crippen molar-refractivity contribution >= 4 is 17.5 Å². The molecule has 1 aliphatic heterocycles.